The van der Waals surface area contributed by atoms with Crippen molar-refractivity contribution in [1.82, 2.24) is 5.32 Å². The molecule has 3 rings (SSSR count). The van der Waals surface area contributed by atoms with Gasteiger partial charge in [0, 0.05) is 17.0 Å². The summed E-state index contributed by atoms with van der Waals surface area (Å²) < 4.78 is 0. The van der Waals surface area contributed by atoms with Gasteiger partial charge in [-0.2, -0.15) is 0 Å². The normalized spacial score (nSPS) is 15.3. The Kier molecular flexibility index (Phi) is 5.61. The Hall–Kier alpha value is -3.06. The zero-order valence-corrected chi connectivity index (χ0v) is 15.6. The minimum Gasteiger partial charge on any atom is -0.349 e. The number of anilines is 2. The zero-order valence-electron chi connectivity index (χ0n) is 14.7. The van der Waals surface area contributed by atoms with E-state index >= 15 is 0 Å². The van der Waals surface area contributed by atoms with Crippen LogP contribution < -0.4 is 16.0 Å². The van der Waals surface area contributed by atoms with Crippen LogP contribution in [-0.2, 0) is 4.79 Å². The Balaban J connectivity index is 1.81. The average Bonchev–Trinajstić information content (AvgIpc) is 2.67. The van der Waals surface area contributed by atoms with Crippen LogP contribution in [-0.4, -0.2) is 29.5 Å². The summed E-state index contributed by atoms with van der Waals surface area (Å²) in [6.45, 7) is 5.73. The van der Waals surface area contributed by atoms with Crippen molar-refractivity contribution in [3.8, 4) is 0 Å². The molecule has 7 heteroatoms. The Morgan fingerprint density at radius 3 is 2.78 bits per heavy atom. The minimum atomic E-state index is -0.361. The van der Waals surface area contributed by atoms with Gasteiger partial charge in [-0.25, -0.2) is 0 Å². The van der Waals surface area contributed by atoms with Gasteiger partial charge in [-0.15, -0.1) is 18.3 Å². The number of amides is 3. The van der Waals surface area contributed by atoms with Gasteiger partial charge in [0.2, 0.25) is 5.91 Å². The first-order valence-corrected chi connectivity index (χ1v) is 9.28. The molecule has 0 bridgehead atoms. The predicted molar refractivity (Wildman–Crippen MR) is 107 cm³/mol. The third-order valence-electron chi connectivity index (χ3n) is 4.00. The molecule has 0 radical (unpaired) electrons. The third kappa shape index (κ3) is 4.20. The molecule has 0 unspecified atom stereocenters. The summed E-state index contributed by atoms with van der Waals surface area (Å²) in [6, 6.07) is 11.9. The van der Waals surface area contributed by atoms with E-state index in [4.69, 9.17) is 0 Å². The van der Waals surface area contributed by atoms with Crippen molar-refractivity contribution < 1.29 is 14.4 Å². The van der Waals surface area contributed by atoms with Gasteiger partial charge in [0.25, 0.3) is 11.8 Å². The molecule has 27 heavy (non-hydrogen) atoms. The van der Waals surface area contributed by atoms with Crippen LogP contribution in [0.15, 0.2) is 60.0 Å². The molecule has 6 nitrogen and oxygen atoms in total. The average molecular weight is 381 g/mol. The first-order chi connectivity index (χ1) is 13.0. The lowest BCUT2D eigenvalue weighted by atomic mass is 10.1. The Bertz CT molecular complexity index is 926. The molecule has 138 valence electrons. The maximum atomic E-state index is 12.7. The quantitative estimate of drug-likeness (QED) is 0.694. The summed E-state index contributed by atoms with van der Waals surface area (Å²) in [6.07, 6.45) is 1.58. The molecular formula is C20H19N3O3S. The van der Waals surface area contributed by atoms with Crippen molar-refractivity contribution in [3.05, 3.63) is 66.2 Å². The highest BCUT2D eigenvalue weighted by atomic mass is 32.2. The molecule has 1 aliphatic rings. The summed E-state index contributed by atoms with van der Waals surface area (Å²) in [5.41, 5.74) is 1.79. The van der Waals surface area contributed by atoms with E-state index in [1.54, 1.807) is 42.5 Å². The fraction of sp³-hybridized carbons (Fsp3) is 0.150. The monoisotopic (exact) mass is 381 g/mol. The number of rotatable bonds is 5. The van der Waals surface area contributed by atoms with Crippen molar-refractivity contribution >= 4 is 40.9 Å². The van der Waals surface area contributed by atoms with Crippen LogP contribution in [0.2, 0.25) is 0 Å². The summed E-state index contributed by atoms with van der Waals surface area (Å²) in [5, 5.41) is 8.10. The molecule has 3 N–H and O–H groups in total. The van der Waals surface area contributed by atoms with Crippen molar-refractivity contribution in [2.75, 3.05) is 17.2 Å². The van der Waals surface area contributed by atoms with Gasteiger partial charge in [-0.1, -0.05) is 18.2 Å². The number of hydrogen-bond acceptors (Lipinski definition) is 4. The van der Waals surface area contributed by atoms with Gasteiger partial charge in [-0.05, 0) is 37.3 Å². The highest BCUT2D eigenvalue weighted by Gasteiger charge is 2.24. The predicted octanol–water partition coefficient (Wildman–Crippen LogP) is 3.29. The number of benzene rings is 2. The van der Waals surface area contributed by atoms with Gasteiger partial charge in [-0.3, -0.25) is 14.4 Å². The molecule has 2 aromatic rings. The molecule has 0 saturated carbocycles. The van der Waals surface area contributed by atoms with E-state index in [2.05, 4.69) is 22.5 Å². The standard InChI is InChI=1S/C20H19N3O3S/c1-3-10-21-20(26)14-6-4-5-7-15(14)22-19(25)13-8-9-17-16(11-13)23-18(24)12(2)27-17/h3-9,11-12H,1,10H2,2H3,(H,21,26)(H,22,25)(H,23,24)/t12-/m1/s1. The number of para-hydroxylation sites is 1. The molecule has 1 atom stereocenters. The summed E-state index contributed by atoms with van der Waals surface area (Å²) in [7, 11) is 0. The fourth-order valence-corrected chi connectivity index (χ4v) is 3.53. The minimum absolute atomic E-state index is 0.0886. The zero-order chi connectivity index (χ0) is 19.4. The van der Waals surface area contributed by atoms with E-state index in [1.807, 2.05) is 13.0 Å². The van der Waals surface area contributed by atoms with Crippen LogP contribution in [0.4, 0.5) is 11.4 Å². The highest BCUT2D eigenvalue weighted by Crippen LogP contribution is 2.36. The van der Waals surface area contributed by atoms with Crippen LogP contribution in [0.25, 0.3) is 0 Å². The summed E-state index contributed by atoms with van der Waals surface area (Å²) >= 11 is 1.45. The smallest absolute Gasteiger partial charge is 0.255 e. The van der Waals surface area contributed by atoms with E-state index in [0.29, 0.717) is 29.0 Å². The molecular weight excluding hydrogens is 362 g/mol. The fourth-order valence-electron chi connectivity index (χ4n) is 2.59. The van der Waals surface area contributed by atoms with Crippen LogP contribution in [0, 0.1) is 0 Å². The third-order valence-corrected chi connectivity index (χ3v) is 5.18. The molecule has 3 amide bonds. The molecule has 0 aromatic heterocycles. The first kappa shape index (κ1) is 18.7. The van der Waals surface area contributed by atoms with Crippen LogP contribution in [0.3, 0.4) is 0 Å². The maximum absolute atomic E-state index is 12.7. The van der Waals surface area contributed by atoms with Gasteiger partial charge < -0.3 is 16.0 Å². The second-order valence-corrected chi connectivity index (χ2v) is 7.34. The lowest BCUT2D eigenvalue weighted by molar-refractivity contribution is -0.115. The lowest BCUT2D eigenvalue weighted by Gasteiger charge is -2.21. The van der Waals surface area contributed by atoms with Crippen LogP contribution in [0.5, 0.6) is 0 Å². The molecule has 0 fully saturated rings. The topological polar surface area (TPSA) is 87.3 Å². The van der Waals surface area contributed by atoms with Crippen molar-refractivity contribution in [2.24, 2.45) is 0 Å². The molecule has 0 aliphatic carbocycles. The summed E-state index contributed by atoms with van der Waals surface area (Å²) in [5.74, 6) is -0.747. The second kappa shape index (κ2) is 8.09. The SMILES string of the molecule is C=CCNC(=O)c1ccccc1NC(=O)c1ccc2c(c1)NC(=O)[C@@H](C)S2. The molecule has 1 heterocycles. The van der Waals surface area contributed by atoms with Gasteiger partial charge in [0.05, 0.1) is 22.2 Å². The van der Waals surface area contributed by atoms with Crippen molar-refractivity contribution in [3.63, 3.8) is 0 Å². The number of carbonyl (C=O) groups excluding carboxylic acids is 3. The number of thioether (sulfide) groups is 1. The van der Waals surface area contributed by atoms with Gasteiger partial charge in [0.15, 0.2) is 0 Å². The highest BCUT2D eigenvalue weighted by molar-refractivity contribution is 8.00. The molecule has 1 aliphatic heterocycles. The van der Waals surface area contributed by atoms with Crippen LogP contribution >= 0.6 is 11.8 Å². The van der Waals surface area contributed by atoms with E-state index in [0.717, 1.165) is 4.90 Å². The van der Waals surface area contributed by atoms with E-state index < -0.39 is 0 Å². The largest absolute Gasteiger partial charge is 0.349 e. The lowest BCUT2D eigenvalue weighted by Crippen LogP contribution is -2.27. The van der Waals surface area contributed by atoms with Gasteiger partial charge in [0.1, 0.15) is 0 Å². The molecule has 2 aromatic carbocycles. The van der Waals surface area contributed by atoms with Crippen molar-refractivity contribution in [2.45, 2.75) is 17.1 Å². The van der Waals surface area contributed by atoms with E-state index in [1.165, 1.54) is 11.8 Å². The Morgan fingerprint density at radius 1 is 1.22 bits per heavy atom. The number of hydrogen-bond donors (Lipinski definition) is 3. The van der Waals surface area contributed by atoms with Crippen molar-refractivity contribution in [1.29, 1.82) is 0 Å². The number of fused-ring (bicyclic) bond motifs is 1. The Labute approximate surface area is 161 Å². The first-order valence-electron chi connectivity index (χ1n) is 8.40. The number of carbonyl (C=O) groups is 3. The molecule has 0 spiro atoms. The van der Waals surface area contributed by atoms with Gasteiger partial charge >= 0.3 is 0 Å². The maximum Gasteiger partial charge on any atom is 0.255 e. The number of nitrogens with one attached hydrogen (secondary N) is 3. The Morgan fingerprint density at radius 2 is 2.00 bits per heavy atom. The van der Waals surface area contributed by atoms with E-state index in [9.17, 15) is 14.4 Å². The van der Waals surface area contributed by atoms with E-state index in [-0.39, 0.29) is 23.0 Å². The summed E-state index contributed by atoms with van der Waals surface area (Å²) in [4.78, 5) is 37.7. The van der Waals surface area contributed by atoms with Crippen LogP contribution in [0.1, 0.15) is 27.6 Å². The second-order valence-electron chi connectivity index (χ2n) is 5.96. The molecule has 0 saturated heterocycles.